The summed E-state index contributed by atoms with van der Waals surface area (Å²) in [5, 5.41) is 2.91. The minimum absolute atomic E-state index is 0.0513. The van der Waals surface area contributed by atoms with Crippen LogP contribution in [0.3, 0.4) is 0 Å². The van der Waals surface area contributed by atoms with Crippen LogP contribution in [0.5, 0.6) is 0 Å². The van der Waals surface area contributed by atoms with E-state index in [2.05, 4.69) is 11.9 Å². The van der Waals surface area contributed by atoms with Gasteiger partial charge in [0.1, 0.15) is 0 Å². The van der Waals surface area contributed by atoms with Crippen LogP contribution in [0, 0.1) is 0 Å². The topological polar surface area (TPSA) is 81.7 Å². The molecule has 1 atom stereocenters. The quantitative estimate of drug-likeness (QED) is 0.498. The Morgan fingerprint density at radius 3 is 2.12 bits per heavy atom. The lowest BCUT2D eigenvalue weighted by Gasteiger charge is -2.30. The molecule has 1 aliphatic heterocycles. The molecule has 1 N–H and O–H groups in total. The molecule has 1 fully saturated rings. The Labute approximate surface area is 144 Å². The summed E-state index contributed by atoms with van der Waals surface area (Å²) < 4.78 is 10.1. The zero-order valence-corrected chi connectivity index (χ0v) is 14.2. The van der Waals surface area contributed by atoms with Crippen molar-refractivity contribution < 1.29 is 23.9 Å². The maximum absolute atomic E-state index is 12.6. The zero-order chi connectivity index (χ0) is 17.9. The van der Waals surface area contributed by atoms with E-state index in [0.717, 1.165) is 0 Å². The molecule has 0 spiro atoms. The predicted molar refractivity (Wildman–Crippen MR) is 87.5 cm³/mol. The molecule has 1 heterocycles. The predicted octanol–water partition coefficient (Wildman–Crippen LogP) is 1.97. The molecule has 1 aromatic carbocycles. The maximum atomic E-state index is 12.6. The maximum Gasteiger partial charge on any atom is 0.344 e. The van der Waals surface area contributed by atoms with Crippen LogP contribution < -0.4 is 5.32 Å². The van der Waals surface area contributed by atoms with E-state index in [1.165, 1.54) is 0 Å². The van der Waals surface area contributed by atoms with E-state index in [4.69, 9.17) is 21.1 Å². The lowest BCUT2D eigenvalue weighted by Crippen LogP contribution is -2.59. The fraction of sp³-hybridized carbons (Fsp3) is 0.353. The van der Waals surface area contributed by atoms with E-state index >= 15 is 0 Å². The molecule has 0 aliphatic carbocycles. The highest BCUT2D eigenvalue weighted by Crippen LogP contribution is 2.41. The summed E-state index contributed by atoms with van der Waals surface area (Å²) in [4.78, 5) is 37.4. The molecule has 24 heavy (non-hydrogen) atoms. The third-order valence-electron chi connectivity index (χ3n) is 3.78. The first kappa shape index (κ1) is 18.0. The van der Waals surface area contributed by atoms with Crippen molar-refractivity contribution in [3.8, 4) is 0 Å². The first-order valence-electron chi connectivity index (χ1n) is 7.49. The molecule has 1 aliphatic rings. The van der Waals surface area contributed by atoms with Crippen LogP contribution in [0.15, 0.2) is 36.4 Å². The molecule has 0 aromatic heterocycles. The van der Waals surface area contributed by atoms with Gasteiger partial charge in [-0.3, -0.25) is 4.79 Å². The standard InChI is InChI=1S/C17H18ClNO5/c1-4-23-15(21)17(16(22)24-5-2)13(10(3)14(20)19-17)11-6-8-12(18)9-7-11/h6-9,13H,3-5H2,1-2H3,(H,19,20). The van der Waals surface area contributed by atoms with Crippen LogP contribution in [0.4, 0.5) is 0 Å². The Bertz CT molecular complexity index is 665. The lowest BCUT2D eigenvalue weighted by atomic mass is 9.78. The number of hydrogen-bond acceptors (Lipinski definition) is 5. The summed E-state index contributed by atoms with van der Waals surface area (Å²) in [5.41, 5.74) is -1.38. The van der Waals surface area contributed by atoms with Crippen molar-refractivity contribution in [1.82, 2.24) is 5.32 Å². The summed E-state index contributed by atoms with van der Waals surface area (Å²) in [5.74, 6) is -3.30. The van der Waals surface area contributed by atoms with Gasteiger partial charge in [0.25, 0.3) is 0 Å². The van der Waals surface area contributed by atoms with Crippen LogP contribution in [-0.2, 0) is 23.9 Å². The number of halogens is 1. The number of rotatable bonds is 5. The fourth-order valence-corrected chi connectivity index (χ4v) is 2.87. The number of carbonyl (C=O) groups is 3. The highest BCUT2D eigenvalue weighted by molar-refractivity contribution is 6.30. The highest BCUT2D eigenvalue weighted by atomic mass is 35.5. The molecule has 1 saturated heterocycles. The molecule has 2 rings (SSSR count). The second-order valence-electron chi connectivity index (χ2n) is 5.21. The van der Waals surface area contributed by atoms with Gasteiger partial charge in [-0.1, -0.05) is 30.3 Å². The van der Waals surface area contributed by atoms with Gasteiger partial charge in [-0.2, -0.15) is 0 Å². The van der Waals surface area contributed by atoms with Crippen LogP contribution in [0.2, 0.25) is 5.02 Å². The average Bonchev–Trinajstić information content (AvgIpc) is 2.82. The monoisotopic (exact) mass is 351 g/mol. The van der Waals surface area contributed by atoms with Gasteiger partial charge in [0.2, 0.25) is 11.4 Å². The summed E-state index contributed by atoms with van der Waals surface area (Å²) in [6, 6.07) is 6.47. The van der Waals surface area contributed by atoms with Gasteiger partial charge < -0.3 is 14.8 Å². The molecule has 128 valence electrons. The van der Waals surface area contributed by atoms with Crippen molar-refractivity contribution in [2.75, 3.05) is 13.2 Å². The molecule has 0 bridgehead atoms. The van der Waals surface area contributed by atoms with E-state index in [0.29, 0.717) is 10.6 Å². The minimum atomic E-state index is -1.99. The number of nitrogens with one attached hydrogen (secondary N) is 1. The normalized spacial score (nSPS) is 18.9. The highest BCUT2D eigenvalue weighted by Gasteiger charge is 2.62. The summed E-state index contributed by atoms with van der Waals surface area (Å²) in [6.45, 7) is 7.06. The number of benzene rings is 1. The van der Waals surface area contributed by atoms with Gasteiger partial charge in [0.15, 0.2) is 0 Å². The van der Waals surface area contributed by atoms with Crippen molar-refractivity contribution in [2.24, 2.45) is 0 Å². The van der Waals surface area contributed by atoms with Crippen LogP contribution >= 0.6 is 11.6 Å². The van der Waals surface area contributed by atoms with Gasteiger partial charge in [0.05, 0.1) is 19.1 Å². The third kappa shape index (κ3) is 2.89. The Balaban J connectivity index is 2.62. The number of hydrogen-bond donors (Lipinski definition) is 1. The Morgan fingerprint density at radius 1 is 1.17 bits per heavy atom. The lowest BCUT2D eigenvalue weighted by molar-refractivity contribution is -0.166. The van der Waals surface area contributed by atoms with Crippen molar-refractivity contribution in [3.63, 3.8) is 0 Å². The molecule has 1 amide bonds. The van der Waals surface area contributed by atoms with E-state index in [1.807, 2.05) is 0 Å². The van der Waals surface area contributed by atoms with Crippen molar-refractivity contribution in [1.29, 1.82) is 0 Å². The SMILES string of the molecule is C=C1C(=O)NC(C(=O)OCC)(C(=O)OCC)C1c1ccc(Cl)cc1. The summed E-state index contributed by atoms with van der Waals surface area (Å²) in [7, 11) is 0. The van der Waals surface area contributed by atoms with E-state index in [-0.39, 0.29) is 18.8 Å². The zero-order valence-electron chi connectivity index (χ0n) is 13.4. The molecule has 1 unspecified atom stereocenters. The second kappa shape index (κ2) is 7.05. The Morgan fingerprint density at radius 2 is 1.67 bits per heavy atom. The molecular formula is C17H18ClNO5. The van der Waals surface area contributed by atoms with E-state index in [9.17, 15) is 14.4 Å². The molecule has 1 aromatic rings. The number of ether oxygens (including phenoxy) is 2. The average molecular weight is 352 g/mol. The van der Waals surface area contributed by atoms with Crippen LogP contribution in [0.25, 0.3) is 0 Å². The number of carbonyl (C=O) groups excluding carboxylic acids is 3. The Kier molecular flexibility index (Phi) is 5.29. The van der Waals surface area contributed by atoms with Gasteiger partial charge in [-0.05, 0) is 31.5 Å². The Hall–Kier alpha value is -2.34. The third-order valence-corrected chi connectivity index (χ3v) is 4.03. The molecule has 7 heteroatoms. The second-order valence-corrected chi connectivity index (χ2v) is 5.65. The number of esters is 2. The van der Waals surface area contributed by atoms with Crippen LogP contribution in [-0.4, -0.2) is 36.6 Å². The molecule has 0 saturated carbocycles. The van der Waals surface area contributed by atoms with Crippen LogP contribution in [0.1, 0.15) is 25.3 Å². The minimum Gasteiger partial charge on any atom is -0.464 e. The van der Waals surface area contributed by atoms with Gasteiger partial charge >= 0.3 is 11.9 Å². The number of amides is 1. The smallest absolute Gasteiger partial charge is 0.344 e. The van der Waals surface area contributed by atoms with Gasteiger partial charge in [0, 0.05) is 10.6 Å². The largest absolute Gasteiger partial charge is 0.464 e. The summed E-state index contributed by atoms with van der Waals surface area (Å²) >= 11 is 5.89. The summed E-state index contributed by atoms with van der Waals surface area (Å²) in [6.07, 6.45) is 0. The first-order chi connectivity index (χ1) is 11.4. The first-order valence-corrected chi connectivity index (χ1v) is 7.87. The van der Waals surface area contributed by atoms with Crippen molar-refractivity contribution in [3.05, 3.63) is 47.0 Å². The fourth-order valence-electron chi connectivity index (χ4n) is 2.74. The van der Waals surface area contributed by atoms with Gasteiger partial charge in [-0.15, -0.1) is 0 Å². The van der Waals surface area contributed by atoms with Gasteiger partial charge in [-0.25, -0.2) is 9.59 Å². The van der Waals surface area contributed by atoms with E-state index < -0.39 is 29.3 Å². The molecule has 0 radical (unpaired) electrons. The van der Waals surface area contributed by atoms with Crippen molar-refractivity contribution in [2.45, 2.75) is 25.3 Å². The molecule has 6 nitrogen and oxygen atoms in total. The molecular weight excluding hydrogens is 334 g/mol. The van der Waals surface area contributed by atoms with E-state index in [1.54, 1.807) is 38.1 Å². The van der Waals surface area contributed by atoms with Crippen molar-refractivity contribution >= 4 is 29.4 Å².